The lowest BCUT2D eigenvalue weighted by atomic mass is 9.90. The van der Waals surface area contributed by atoms with Gasteiger partial charge in [-0.3, -0.25) is 9.88 Å². The second kappa shape index (κ2) is 4.75. The van der Waals surface area contributed by atoms with E-state index in [9.17, 15) is 0 Å². The van der Waals surface area contributed by atoms with Crippen LogP contribution in [0.15, 0.2) is 24.5 Å². The van der Waals surface area contributed by atoms with Gasteiger partial charge in [0.25, 0.3) is 0 Å². The van der Waals surface area contributed by atoms with Gasteiger partial charge >= 0.3 is 0 Å². The van der Waals surface area contributed by atoms with E-state index in [4.69, 9.17) is 5.73 Å². The molecule has 0 aromatic carbocycles. The van der Waals surface area contributed by atoms with Gasteiger partial charge in [0, 0.05) is 31.0 Å². The van der Waals surface area contributed by atoms with Crippen molar-refractivity contribution in [2.45, 2.75) is 44.3 Å². The molecule has 2 fully saturated rings. The summed E-state index contributed by atoms with van der Waals surface area (Å²) in [7, 11) is 0. The molecule has 0 amide bonds. The van der Waals surface area contributed by atoms with Crippen LogP contribution in [0.2, 0.25) is 0 Å². The van der Waals surface area contributed by atoms with Crippen molar-refractivity contribution in [3.8, 4) is 0 Å². The highest BCUT2D eigenvalue weighted by molar-refractivity contribution is 5.11. The van der Waals surface area contributed by atoms with Crippen LogP contribution in [0.25, 0.3) is 0 Å². The third kappa shape index (κ3) is 2.22. The number of pyridine rings is 1. The number of rotatable bonds is 3. The first-order chi connectivity index (χ1) is 8.36. The van der Waals surface area contributed by atoms with Gasteiger partial charge in [0.05, 0.1) is 0 Å². The van der Waals surface area contributed by atoms with Gasteiger partial charge in [-0.15, -0.1) is 0 Å². The first-order valence-electron chi connectivity index (χ1n) is 6.71. The molecule has 3 heteroatoms. The van der Waals surface area contributed by atoms with Gasteiger partial charge in [0.15, 0.2) is 0 Å². The predicted octanol–water partition coefficient (Wildman–Crippen LogP) is 1.78. The smallest absolute Gasteiger partial charge is 0.0271 e. The molecule has 2 atom stereocenters. The molecule has 17 heavy (non-hydrogen) atoms. The third-order valence-electron chi connectivity index (χ3n) is 4.43. The Hall–Kier alpha value is -0.930. The molecule has 2 N–H and O–H groups in total. The summed E-state index contributed by atoms with van der Waals surface area (Å²) in [5, 5.41) is 0. The lowest BCUT2D eigenvalue weighted by molar-refractivity contribution is 0.0988. The standard InChI is InChI=1S/C14H21N3/c15-9-12-7-13-1-2-14(8-12)17(13)10-11-3-5-16-6-4-11/h3-6,12-14H,1-2,7-10,15H2. The van der Waals surface area contributed by atoms with Crippen molar-refractivity contribution >= 4 is 0 Å². The Bertz CT molecular complexity index is 351. The number of hydrogen-bond donors (Lipinski definition) is 1. The molecule has 3 rings (SSSR count). The van der Waals surface area contributed by atoms with E-state index in [1.807, 2.05) is 12.4 Å². The Kier molecular flexibility index (Phi) is 3.12. The first kappa shape index (κ1) is 11.2. The SMILES string of the molecule is NCC1CC2CCC(C1)N2Cc1ccncc1. The Labute approximate surface area is 103 Å². The van der Waals surface area contributed by atoms with Gasteiger partial charge in [0.1, 0.15) is 0 Å². The largest absolute Gasteiger partial charge is 0.330 e. The molecule has 0 saturated carbocycles. The summed E-state index contributed by atoms with van der Waals surface area (Å²) in [5.41, 5.74) is 7.22. The monoisotopic (exact) mass is 231 g/mol. The molecular formula is C14H21N3. The third-order valence-corrected chi connectivity index (χ3v) is 4.43. The number of nitrogens with two attached hydrogens (primary N) is 1. The van der Waals surface area contributed by atoms with Crippen molar-refractivity contribution in [2.75, 3.05) is 6.54 Å². The molecule has 0 spiro atoms. The maximum Gasteiger partial charge on any atom is 0.0271 e. The quantitative estimate of drug-likeness (QED) is 0.862. The predicted molar refractivity (Wildman–Crippen MR) is 68.4 cm³/mol. The lowest BCUT2D eigenvalue weighted by Gasteiger charge is -2.38. The summed E-state index contributed by atoms with van der Waals surface area (Å²) in [6.07, 6.45) is 9.13. The summed E-state index contributed by atoms with van der Waals surface area (Å²) in [6, 6.07) is 5.81. The van der Waals surface area contributed by atoms with Crippen LogP contribution in [0.3, 0.4) is 0 Å². The number of piperidine rings is 1. The highest BCUT2D eigenvalue weighted by Crippen LogP contribution is 2.39. The van der Waals surface area contributed by atoms with E-state index < -0.39 is 0 Å². The van der Waals surface area contributed by atoms with E-state index in [1.54, 1.807) is 0 Å². The van der Waals surface area contributed by atoms with E-state index in [0.717, 1.165) is 31.1 Å². The molecule has 3 nitrogen and oxygen atoms in total. The average molecular weight is 231 g/mol. The summed E-state index contributed by atoms with van der Waals surface area (Å²) in [5.74, 6) is 0.765. The van der Waals surface area contributed by atoms with Gasteiger partial charge in [-0.05, 0) is 55.8 Å². The second-order valence-electron chi connectivity index (χ2n) is 5.49. The summed E-state index contributed by atoms with van der Waals surface area (Å²) >= 11 is 0. The number of aromatic nitrogens is 1. The maximum absolute atomic E-state index is 5.83. The minimum Gasteiger partial charge on any atom is -0.330 e. The van der Waals surface area contributed by atoms with Crippen LogP contribution in [-0.2, 0) is 6.54 Å². The van der Waals surface area contributed by atoms with E-state index >= 15 is 0 Å². The molecule has 92 valence electrons. The van der Waals surface area contributed by atoms with Crippen molar-refractivity contribution in [1.29, 1.82) is 0 Å². The minimum atomic E-state index is 0.765. The molecule has 3 heterocycles. The zero-order chi connectivity index (χ0) is 11.7. The maximum atomic E-state index is 5.83. The fraction of sp³-hybridized carbons (Fsp3) is 0.643. The molecule has 1 aromatic heterocycles. The normalized spacial score (nSPS) is 32.9. The molecule has 2 bridgehead atoms. The van der Waals surface area contributed by atoms with Crippen LogP contribution in [0.4, 0.5) is 0 Å². The number of hydrogen-bond acceptors (Lipinski definition) is 3. The Morgan fingerprint density at radius 1 is 1.18 bits per heavy atom. The fourth-order valence-corrected chi connectivity index (χ4v) is 3.54. The van der Waals surface area contributed by atoms with E-state index in [1.165, 1.54) is 31.2 Å². The summed E-state index contributed by atoms with van der Waals surface area (Å²) < 4.78 is 0. The van der Waals surface area contributed by atoms with Crippen LogP contribution < -0.4 is 5.73 Å². The van der Waals surface area contributed by atoms with Crippen molar-refractivity contribution < 1.29 is 0 Å². The topological polar surface area (TPSA) is 42.1 Å². The van der Waals surface area contributed by atoms with Crippen molar-refractivity contribution in [3.05, 3.63) is 30.1 Å². The van der Waals surface area contributed by atoms with Crippen LogP contribution in [0.1, 0.15) is 31.2 Å². The van der Waals surface area contributed by atoms with Gasteiger partial charge in [0.2, 0.25) is 0 Å². The number of nitrogens with zero attached hydrogens (tertiary/aromatic N) is 2. The molecule has 2 aliphatic rings. The van der Waals surface area contributed by atoms with Gasteiger partial charge in [-0.2, -0.15) is 0 Å². The van der Waals surface area contributed by atoms with Gasteiger partial charge in [-0.25, -0.2) is 0 Å². The lowest BCUT2D eigenvalue weighted by Crippen LogP contribution is -2.43. The molecule has 2 saturated heterocycles. The summed E-state index contributed by atoms with van der Waals surface area (Å²) in [6.45, 7) is 1.96. The number of fused-ring (bicyclic) bond motifs is 2. The van der Waals surface area contributed by atoms with Crippen LogP contribution in [-0.4, -0.2) is 28.5 Å². The highest BCUT2D eigenvalue weighted by Gasteiger charge is 2.39. The van der Waals surface area contributed by atoms with Crippen molar-refractivity contribution in [2.24, 2.45) is 11.7 Å². The van der Waals surface area contributed by atoms with E-state index in [0.29, 0.717) is 0 Å². The molecular weight excluding hydrogens is 210 g/mol. The van der Waals surface area contributed by atoms with Crippen LogP contribution >= 0.6 is 0 Å². The second-order valence-corrected chi connectivity index (χ2v) is 5.49. The van der Waals surface area contributed by atoms with Gasteiger partial charge < -0.3 is 5.73 Å². The van der Waals surface area contributed by atoms with E-state index in [-0.39, 0.29) is 0 Å². The van der Waals surface area contributed by atoms with E-state index in [2.05, 4.69) is 22.0 Å². The van der Waals surface area contributed by atoms with Gasteiger partial charge in [-0.1, -0.05) is 0 Å². The molecule has 0 radical (unpaired) electrons. The first-order valence-corrected chi connectivity index (χ1v) is 6.71. The van der Waals surface area contributed by atoms with Crippen LogP contribution in [0.5, 0.6) is 0 Å². The highest BCUT2D eigenvalue weighted by atomic mass is 15.2. The fourth-order valence-electron chi connectivity index (χ4n) is 3.54. The van der Waals surface area contributed by atoms with Crippen molar-refractivity contribution in [1.82, 2.24) is 9.88 Å². The molecule has 0 aliphatic carbocycles. The van der Waals surface area contributed by atoms with Crippen LogP contribution in [0, 0.1) is 5.92 Å². The van der Waals surface area contributed by atoms with Crippen molar-refractivity contribution in [3.63, 3.8) is 0 Å². The zero-order valence-electron chi connectivity index (χ0n) is 10.3. The molecule has 1 aromatic rings. The molecule has 2 unspecified atom stereocenters. The Morgan fingerprint density at radius 3 is 2.41 bits per heavy atom. The molecule has 2 aliphatic heterocycles. The zero-order valence-corrected chi connectivity index (χ0v) is 10.3. The summed E-state index contributed by atoms with van der Waals surface area (Å²) in [4.78, 5) is 6.78. The Morgan fingerprint density at radius 2 is 1.82 bits per heavy atom. The Balaban J connectivity index is 1.69. The average Bonchev–Trinajstić information content (AvgIpc) is 2.63. The minimum absolute atomic E-state index is 0.765.